The minimum atomic E-state index is -4.42. The molecule has 4 aromatic rings. The molecule has 0 saturated heterocycles. The van der Waals surface area contributed by atoms with Crippen LogP contribution in [0.25, 0.3) is 22.6 Å². The van der Waals surface area contributed by atoms with Crippen molar-refractivity contribution in [3.8, 4) is 22.6 Å². The fourth-order valence-electron chi connectivity index (χ4n) is 4.04. The molecule has 5 nitrogen and oxygen atoms in total. The first-order valence-electron chi connectivity index (χ1n) is 10.6. The predicted molar refractivity (Wildman–Crippen MR) is 118 cm³/mol. The summed E-state index contributed by atoms with van der Waals surface area (Å²) >= 11 is 0. The summed E-state index contributed by atoms with van der Waals surface area (Å²) in [6.45, 7) is 2.20. The van der Waals surface area contributed by atoms with E-state index >= 15 is 0 Å². The maximum atomic E-state index is 13.3. The molecule has 0 unspecified atom stereocenters. The summed E-state index contributed by atoms with van der Waals surface area (Å²) < 4.78 is 40.0. The molecule has 0 fully saturated rings. The van der Waals surface area contributed by atoms with E-state index in [0.717, 1.165) is 41.4 Å². The van der Waals surface area contributed by atoms with E-state index in [-0.39, 0.29) is 5.56 Å². The number of alkyl halides is 3. The number of hydrogen-bond acceptors (Lipinski definition) is 5. The van der Waals surface area contributed by atoms with E-state index in [9.17, 15) is 13.2 Å². The molecule has 3 aromatic heterocycles. The maximum Gasteiger partial charge on any atom is 0.417 e. The number of benzene rings is 1. The van der Waals surface area contributed by atoms with Gasteiger partial charge in [0.15, 0.2) is 5.82 Å². The molecule has 1 aliphatic rings. The van der Waals surface area contributed by atoms with Crippen LogP contribution in [0.4, 0.5) is 13.2 Å². The fourth-order valence-corrected chi connectivity index (χ4v) is 4.04. The summed E-state index contributed by atoms with van der Waals surface area (Å²) in [6.07, 6.45) is 3.36. The van der Waals surface area contributed by atoms with E-state index in [4.69, 9.17) is 4.98 Å². The first-order chi connectivity index (χ1) is 16.0. The molecule has 5 rings (SSSR count). The monoisotopic (exact) mass is 447 g/mol. The minimum Gasteiger partial charge on any atom is -0.294 e. The Morgan fingerprint density at radius 3 is 2.48 bits per heavy atom. The van der Waals surface area contributed by atoms with Gasteiger partial charge in [0.05, 0.1) is 17.0 Å². The summed E-state index contributed by atoms with van der Waals surface area (Å²) in [5.41, 5.74) is 3.74. The number of aromatic nitrogens is 4. The molecule has 8 heteroatoms. The molecule has 1 aromatic carbocycles. The van der Waals surface area contributed by atoms with Gasteiger partial charge in [-0.1, -0.05) is 24.3 Å². The average molecular weight is 447 g/mol. The lowest BCUT2D eigenvalue weighted by Gasteiger charge is -2.28. The highest BCUT2D eigenvalue weighted by Gasteiger charge is 2.33. The highest BCUT2D eigenvalue weighted by Crippen LogP contribution is 2.36. The molecule has 0 saturated carbocycles. The van der Waals surface area contributed by atoms with Gasteiger partial charge in [-0.3, -0.25) is 14.9 Å². The largest absolute Gasteiger partial charge is 0.417 e. The zero-order valence-electron chi connectivity index (χ0n) is 17.6. The van der Waals surface area contributed by atoms with Crippen LogP contribution in [-0.2, 0) is 25.7 Å². The molecule has 166 valence electrons. The summed E-state index contributed by atoms with van der Waals surface area (Å²) in [5, 5.41) is 0. The van der Waals surface area contributed by atoms with Gasteiger partial charge in [-0.2, -0.15) is 13.2 Å². The van der Waals surface area contributed by atoms with Crippen molar-refractivity contribution in [3.05, 3.63) is 95.7 Å². The van der Waals surface area contributed by atoms with E-state index in [1.54, 1.807) is 30.7 Å². The van der Waals surface area contributed by atoms with Gasteiger partial charge in [0.25, 0.3) is 0 Å². The topological polar surface area (TPSA) is 54.8 Å². The van der Waals surface area contributed by atoms with Gasteiger partial charge < -0.3 is 0 Å². The predicted octanol–water partition coefficient (Wildman–Crippen LogP) is 5.18. The van der Waals surface area contributed by atoms with Crippen molar-refractivity contribution in [1.29, 1.82) is 0 Å². The molecule has 4 heterocycles. The maximum absolute atomic E-state index is 13.3. The molecule has 0 atom stereocenters. The number of halogens is 3. The van der Waals surface area contributed by atoms with Crippen molar-refractivity contribution in [2.45, 2.75) is 25.7 Å². The van der Waals surface area contributed by atoms with Crippen LogP contribution in [-0.4, -0.2) is 31.4 Å². The lowest BCUT2D eigenvalue weighted by atomic mass is 10.0. The number of nitrogens with zero attached hydrogens (tertiary/aromatic N) is 5. The van der Waals surface area contributed by atoms with Crippen LogP contribution in [0.5, 0.6) is 0 Å². The minimum absolute atomic E-state index is 0.0885. The Labute approximate surface area is 189 Å². The standard InChI is InChI=1S/C25H20F3N5/c26-25(27,28)21-4-2-1-3-20(21)23-6-5-17(13-30-23)15-33-12-9-22-19(16-33)14-31-24(32-22)18-7-10-29-11-8-18/h1-8,10-11,13-14H,9,12,15-16H2. The van der Waals surface area contributed by atoms with Gasteiger partial charge in [0, 0.05) is 67.5 Å². The zero-order valence-corrected chi connectivity index (χ0v) is 17.6. The number of hydrogen-bond donors (Lipinski definition) is 0. The highest BCUT2D eigenvalue weighted by atomic mass is 19.4. The third-order valence-electron chi connectivity index (χ3n) is 5.69. The van der Waals surface area contributed by atoms with Gasteiger partial charge in [0.2, 0.25) is 0 Å². The third-order valence-corrected chi connectivity index (χ3v) is 5.69. The van der Waals surface area contributed by atoms with Crippen molar-refractivity contribution in [1.82, 2.24) is 24.8 Å². The Kier molecular flexibility index (Phi) is 5.60. The molecule has 1 aliphatic heterocycles. The first kappa shape index (κ1) is 21.2. The molecule has 0 aliphatic carbocycles. The van der Waals surface area contributed by atoms with Gasteiger partial charge in [-0.05, 0) is 29.8 Å². The van der Waals surface area contributed by atoms with Gasteiger partial charge >= 0.3 is 6.18 Å². The Hall–Kier alpha value is -3.65. The summed E-state index contributed by atoms with van der Waals surface area (Å²) in [7, 11) is 0. The highest BCUT2D eigenvalue weighted by molar-refractivity contribution is 5.64. The van der Waals surface area contributed by atoms with Crippen LogP contribution >= 0.6 is 0 Å². The Balaban J connectivity index is 1.29. The van der Waals surface area contributed by atoms with Crippen LogP contribution in [0.15, 0.2) is 73.3 Å². The van der Waals surface area contributed by atoms with E-state index in [0.29, 0.717) is 24.6 Å². The van der Waals surface area contributed by atoms with Crippen LogP contribution in [0.2, 0.25) is 0 Å². The van der Waals surface area contributed by atoms with Crippen LogP contribution in [0.3, 0.4) is 0 Å². The van der Waals surface area contributed by atoms with Crippen molar-refractivity contribution in [3.63, 3.8) is 0 Å². The van der Waals surface area contributed by atoms with Gasteiger partial charge in [-0.25, -0.2) is 9.97 Å². The summed E-state index contributed by atoms with van der Waals surface area (Å²) in [4.78, 5) is 19.8. The lowest BCUT2D eigenvalue weighted by molar-refractivity contribution is -0.137. The fraction of sp³-hybridized carbons (Fsp3) is 0.200. The molecule has 0 radical (unpaired) electrons. The third kappa shape index (κ3) is 4.61. The first-order valence-corrected chi connectivity index (χ1v) is 10.6. The summed E-state index contributed by atoms with van der Waals surface area (Å²) in [5.74, 6) is 0.698. The van der Waals surface area contributed by atoms with E-state index in [1.807, 2.05) is 24.4 Å². The average Bonchev–Trinajstić information content (AvgIpc) is 2.84. The molecule has 0 spiro atoms. The second kappa shape index (κ2) is 8.71. The number of rotatable bonds is 4. The second-order valence-corrected chi connectivity index (χ2v) is 7.96. The molecule has 33 heavy (non-hydrogen) atoms. The van der Waals surface area contributed by atoms with E-state index < -0.39 is 11.7 Å². The number of pyridine rings is 2. The van der Waals surface area contributed by atoms with E-state index in [1.165, 1.54) is 12.1 Å². The van der Waals surface area contributed by atoms with Crippen LogP contribution < -0.4 is 0 Å². The molecular formula is C25H20F3N5. The SMILES string of the molecule is FC(F)(F)c1ccccc1-c1ccc(CN2CCc3nc(-c4ccncc4)ncc3C2)cn1. The summed E-state index contributed by atoms with van der Waals surface area (Å²) in [6, 6.07) is 12.8. The molecule has 0 N–H and O–H groups in total. The smallest absolute Gasteiger partial charge is 0.294 e. The van der Waals surface area contributed by atoms with Gasteiger partial charge in [-0.15, -0.1) is 0 Å². The normalized spacial score (nSPS) is 14.2. The quantitative estimate of drug-likeness (QED) is 0.432. The molecule has 0 amide bonds. The number of fused-ring (bicyclic) bond motifs is 1. The second-order valence-electron chi connectivity index (χ2n) is 7.96. The van der Waals surface area contributed by atoms with Crippen molar-refractivity contribution in [2.75, 3.05) is 6.54 Å². The van der Waals surface area contributed by atoms with Crippen molar-refractivity contribution in [2.24, 2.45) is 0 Å². The van der Waals surface area contributed by atoms with Crippen molar-refractivity contribution < 1.29 is 13.2 Å². The Morgan fingerprint density at radius 2 is 1.73 bits per heavy atom. The molecular weight excluding hydrogens is 427 g/mol. The van der Waals surface area contributed by atoms with Crippen LogP contribution in [0.1, 0.15) is 22.4 Å². The Bertz CT molecular complexity index is 1260. The van der Waals surface area contributed by atoms with Gasteiger partial charge in [0.1, 0.15) is 0 Å². The molecule has 0 bridgehead atoms. The van der Waals surface area contributed by atoms with Crippen LogP contribution in [0, 0.1) is 0 Å². The lowest BCUT2D eigenvalue weighted by Crippen LogP contribution is -2.31. The van der Waals surface area contributed by atoms with Crippen molar-refractivity contribution >= 4 is 0 Å². The van der Waals surface area contributed by atoms with E-state index in [2.05, 4.69) is 19.9 Å². The zero-order chi connectivity index (χ0) is 22.8. The Morgan fingerprint density at radius 1 is 0.909 bits per heavy atom.